The summed E-state index contributed by atoms with van der Waals surface area (Å²) in [6.07, 6.45) is -4.83. The van der Waals surface area contributed by atoms with Gasteiger partial charge >= 0.3 is 12.1 Å². The van der Waals surface area contributed by atoms with E-state index in [2.05, 4.69) is 11.5 Å². The molecule has 0 bridgehead atoms. The number of rotatable bonds is 1. The summed E-state index contributed by atoms with van der Waals surface area (Å²) in [4.78, 5) is 11.2. The summed E-state index contributed by atoms with van der Waals surface area (Å²) < 4.78 is 39.6. The van der Waals surface area contributed by atoms with Crippen LogP contribution in [0.3, 0.4) is 0 Å². The smallest absolute Gasteiger partial charge is 0.418 e. The van der Waals surface area contributed by atoms with Gasteiger partial charge in [-0.1, -0.05) is 12.5 Å². The molecule has 0 atom stereocenters. The van der Waals surface area contributed by atoms with Gasteiger partial charge in [0.15, 0.2) is 0 Å². The number of halogens is 3. The Balaban J connectivity index is 3.96. The van der Waals surface area contributed by atoms with Gasteiger partial charge in [0.1, 0.15) is 9.52 Å². The monoisotopic (exact) mass is 299 g/mol. The lowest BCUT2D eigenvalue weighted by Crippen LogP contribution is -2.19. The molecule has 106 valence electrons. The Morgan fingerprint density at radius 3 is 2.25 bits per heavy atom. The second-order valence-electron chi connectivity index (χ2n) is 4.09. The largest absolute Gasteiger partial charge is 0.478 e. The van der Waals surface area contributed by atoms with Gasteiger partial charge in [0.25, 0.3) is 0 Å². The molecule has 0 saturated carbocycles. The predicted octanol–water partition coefficient (Wildman–Crippen LogP) is 2.66. The van der Waals surface area contributed by atoms with Crippen molar-refractivity contribution in [2.45, 2.75) is 26.6 Å². The summed E-state index contributed by atoms with van der Waals surface area (Å²) in [6, 6.07) is 0. The van der Waals surface area contributed by atoms with Crippen LogP contribution in [0.25, 0.3) is 0 Å². The van der Waals surface area contributed by atoms with Crippen LogP contribution >= 0.6 is 0 Å². The van der Waals surface area contributed by atoms with Gasteiger partial charge in [-0.2, -0.15) is 13.2 Å². The molecule has 1 aromatic carbocycles. The highest BCUT2D eigenvalue weighted by atomic mass is 28.2. The van der Waals surface area contributed by atoms with Gasteiger partial charge in [0, 0.05) is 0 Å². The van der Waals surface area contributed by atoms with Gasteiger partial charge in [-0.05, 0) is 25.0 Å². The van der Waals surface area contributed by atoms with E-state index in [0.717, 1.165) is 0 Å². The molecule has 1 aromatic rings. The molecule has 0 spiro atoms. The van der Waals surface area contributed by atoms with Gasteiger partial charge in [0.05, 0.1) is 22.4 Å². The summed E-state index contributed by atoms with van der Waals surface area (Å²) >= 11 is 0. The SMILES string of the molecule is C[Si]C#Cc1c(N)c(C)c(C)c(C(=O)O)c1C(F)(F)F. The molecule has 0 fully saturated rings. The first-order chi connectivity index (χ1) is 9.12. The normalized spacial score (nSPS) is 10.9. The zero-order valence-electron chi connectivity index (χ0n) is 11.1. The Morgan fingerprint density at radius 1 is 1.30 bits per heavy atom. The van der Waals surface area contributed by atoms with E-state index < -0.39 is 28.8 Å². The number of carbonyl (C=O) groups is 1. The molecule has 0 unspecified atom stereocenters. The van der Waals surface area contributed by atoms with Crippen LogP contribution in [0.1, 0.15) is 32.6 Å². The third-order valence-corrected chi connectivity index (χ3v) is 3.30. The first-order valence-corrected chi connectivity index (χ1v) is 7.03. The maximum Gasteiger partial charge on any atom is 0.418 e. The number of anilines is 1. The van der Waals surface area contributed by atoms with Crippen LogP contribution in [-0.4, -0.2) is 20.6 Å². The summed E-state index contributed by atoms with van der Waals surface area (Å²) in [7, 11) is 0.113. The van der Waals surface area contributed by atoms with Gasteiger partial charge in [0.2, 0.25) is 0 Å². The molecule has 0 aromatic heterocycles. The van der Waals surface area contributed by atoms with E-state index in [1.165, 1.54) is 13.8 Å². The third kappa shape index (κ3) is 2.80. The quantitative estimate of drug-likeness (QED) is 0.476. The first-order valence-electron chi connectivity index (χ1n) is 5.53. The maximum absolute atomic E-state index is 13.2. The molecule has 0 aliphatic heterocycles. The Morgan fingerprint density at radius 2 is 1.85 bits per heavy atom. The summed E-state index contributed by atoms with van der Waals surface area (Å²) in [5.41, 5.74) is 5.92. The highest BCUT2D eigenvalue weighted by Gasteiger charge is 2.40. The van der Waals surface area contributed by atoms with Gasteiger partial charge in [-0.3, -0.25) is 0 Å². The Kier molecular flexibility index (Phi) is 4.50. The fourth-order valence-electron chi connectivity index (χ4n) is 1.83. The maximum atomic E-state index is 13.2. The molecule has 0 aliphatic carbocycles. The molecule has 20 heavy (non-hydrogen) atoms. The van der Waals surface area contributed by atoms with E-state index in [4.69, 9.17) is 10.8 Å². The zero-order chi connectivity index (χ0) is 15.7. The fraction of sp³-hybridized carbons (Fsp3) is 0.308. The minimum atomic E-state index is -4.83. The molecular formula is C13H12F3NO2Si. The summed E-state index contributed by atoms with van der Waals surface area (Å²) in [6.45, 7) is 4.50. The van der Waals surface area contributed by atoms with Crippen molar-refractivity contribution in [2.75, 3.05) is 5.73 Å². The van der Waals surface area contributed by atoms with E-state index in [1.807, 2.05) is 0 Å². The van der Waals surface area contributed by atoms with Gasteiger partial charge in [-0.25, -0.2) is 4.79 Å². The Labute approximate surface area is 116 Å². The van der Waals surface area contributed by atoms with Crippen LogP contribution in [0, 0.1) is 25.3 Å². The highest BCUT2D eigenvalue weighted by molar-refractivity contribution is 6.44. The molecule has 0 saturated heterocycles. The number of carboxylic acid groups (broad SMARTS) is 1. The fourth-order valence-corrected chi connectivity index (χ4v) is 2.08. The number of aromatic carboxylic acids is 1. The molecule has 0 heterocycles. The summed E-state index contributed by atoms with van der Waals surface area (Å²) in [5, 5.41) is 9.09. The molecule has 3 nitrogen and oxygen atoms in total. The van der Waals surface area contributed by atoms with Crippen molar-refractivity contribution in [1.29, 1.82) is 0 Å². The van der Waals surface area contributed by atoms with Crippen LogP contribution < -0.4 is 5.73 Å². The molecule has 7 heteroatoms. The van der Waals surface area contributed by atoms with Crippen LogP contribution in [0.15, 0.2) is 0 Å². The second-order valence-corrected chi connectivity index (χ2v) is 4.84. The minimum absolute atomic E-state index is 0.00632. The number of carboxylic acids is 1. The third-order valence-electron chi connectivity index (χ3n) is 2.92. The van der Waals surface area contributed by atoms with Crippen molar-refractivity contribution in [1.82, 2.24) is 0 Å². The molecule has 0 aliphatic rings. The average molecular weight is 299 g/mol. The summed E-state index contributed by atoms with van der Waals surface area (Å²) in [5.74, 6) is 0.716. The lowest BCUT2D eigenvalue weighted by Gasteiger charge is -2.19. The first kappa shape index (κ1) is 16.1. The number of hydrogen-bond donors (Lipinski definition) is 2. The van der Waals surface area contributed by atoms with E-state index in [0.29, 0.717) is 5.56 Å². The van der Waals surface area contributed by atoms with E-state index >= 15 is 0 Å². The lowest BCUT2D eigenvalue weighted by molar-refractivity contribution is -0.138. The second kappa shape index (κ2) is 5.59. The van der Waals surface area contributed by atoms with Crippen LogP contribution in [-0.2, 0) is 6.18 Å². The van der Waals surface area contributed by atoms with Crippen LogP contribution in [0.2, 0.25) is 6.55 Å². The molecule has 0 amide bonds. The standard InChI is InChI=1S/C13H12F3NO2Si/c1-6-7(2)11(17)8(4-5-20-3)10(13(14,15)16)9(6)12(18)19/h17H2,1-3H3,(H,18,19). The molecule has 3 N–H and O–H groups in total. The number of benzene rings is 1. The number of alkyl halides is 3. The van der Waals surface area contributed by atoms with E-state index in [9.17, 15) is 18.0 Å². The lowest BCUT2D eigenvalue weighted by atomic mass is 9.90. The van der Waals surface area contributed by atoms with E-state index in [1.54, 1.807) is 6.55 Å². The van der Waals surface area contributed by atoms with Gasteiger partial charge < -0.3 is 10.8 Å². The number of nitrogen functional groups attached to an aromatic ring is 1. The van der Waals surface area contributed by atoms with Crippen molar-refractivity contribution >= 4 is 21.2 Å². The van der Waals surface area contributed by atoms with Gasteiger partial charge in [-0.15, -0.1) is 5.54 Å². The highest BCUT2D eigenvalue weighted by Crippen LogP contribution is 2.40. The average Bonchev–Trinajstić information content (AvgIpc) is 2.32. The number of nitrogens with two attached hydrogens (primary N) is 1. The topological polar surface area (TPSA) is 63.3 Å². The predicted molar refractivity (Wildman–Crippen MR) is 70.8 cm³/mol. The number of hydrogen-bond acceptors (Lipinski definition) is 2. The van der Waals surface area contributed by atoms with Crippen molar-refractivity contribution in [3.05, 3.63) is 27.8 Å². The minimum Gasteiger partial charge on any atom is -0.478 e. The van der Waals surface area contributed by atoms with Crippen molar-refractivity contribution in [3.63, 3.8) is 0 Å². The molecular weight excluding hydrogens is 287 g/mol. The Bertz CT molecular complexity index is 627. The van der Waals surface area contributed by atoms with Crippen molar-refractivity contribution in [3.8, 4) is 11.5 Å². The van der Waals surface area contributed by atoms with Crippen molar-refractivity contribution < 1.29 is 23.1 Å². The molecule has 1 rings (SSSR count). The van der Waals surface area contributed by atoms with Crippen LogP contribution in [0.5, 0.6) is 0 Å². The molecule has 2 radical (unpaired) electrons. The van der Waals surface area contributed by atoms with E-state index in [-0.39, 0.29) is 20.8 Å². The Hall–Kier alpha value is -1.94. The van der Waals surface area contributed by atoms with Crippen LogP contribution in [0.4, 0.5) is 18.9 Å². The van der Waals surface area contributed by atoms with Crippen molar-refractivity contribution in [2.24, 2.45) is 0 Å². The zero-order valence-corrected chi connectivity index (χ0v) is 12.1.